The Labute approximate surface area is 188 Å². The Morgan fingerprint density at radius 3 is 2.42 bits per heavy atom. The smallest absolute Gasteiger partial charge is 0.407 e. The first-order chi connectivity index (χ1) is 15.4. The molecular weight excluding hydrogens is 463 g/mol. The fourth-order valence-corrected chi connectivity index (χ4v) is 3.74. The van der Waals surface area contributed by atoms with Gasteiger partial charge in [-0.25, -0.2) is 28.3 Å². The molecule has 3 atom stereocenters. The van der Waals surface area contributed by atoms with Crippen molar-refractivity contribution in [2.45, 2.75) is 48.9 Å². The van der Waals surface area contributed by atoms with Crippen LogP contribution in [0.1, 0.15) is 31.2 Å². The predicted molar refractivity (Wildman–Crippen MR) is 113 cm³/mol. The third-order valence-corrected chi connectivity index (χ3v) is 5.67. The molecular formula is C20H22F3N5O4S. The fourth-order valence-electron chi connectivity index (χ4n) is 3.22. The van der Waals surface area contributed by atoms with E-state index in [0.29, 0.717) is 12.1 Å². The standard InChI is InChI=1S/C20H22F3N5O4S/c1-12(9-20(21,22)23)27-19(29)32-16-5-2-13(8-16)14-10-25-18(26-11-14)28-15-3-6-17(7-4-15)33(24,30)31/h2-7,10-13,16H,8-9H2,1H3,(H,27,29)(H2,24,30,31)(H,25,26,28)/t12-,13?,16?/m0/s1. The van der Waals surface area contributed by atoms with Crippen molar-refractivity contribution in [3.05, 3.63) is 54.4 Å². The Morgan fingerprint density at radius 2 is 1.85 bits per heavy atom. The summed E-state index contributed by atoms with van der Waals surface area (Å²) in [5.41, 5.74) is 1.33. The number of primary sulfonamides is 1. The number of hydrogen-bond acceptors (Lipinski definition) is 7. The summed E-state index contributed by atoms with van der Waals surface area (Å²) < 4.78 is 64.9. The lowest BCUT2D eigenvalue weighted by atomic mass is 10.0. The number of alkyl halides is 3. The van der Waals surface area contributed by atoms with Gasteiger partial charge in [-0.3, -0.25) is 0 Å². The average molecular weight is 485 g/mol. The molecule has 0 saturated carbocycles. The van der Waals surface area contributed by atoms with Crippen molar-refractivity contribution in [3.63, 3.8) is 0 Å². The molecule has 9 nitrogen and oxygen atoms in total. The normalized spacial score (nSPS) is 19.2. The Kier molecular flexibility index (Phi) is 7.22. The molecule has 13 heteroatoms. The van der Waals surface area contributed by atoms with E-state index in [0.717, 1.165) is 5.56 Å². The molecule has 178 valence electrons. The molecule has 0 spiro atoms. The van der Waals surface area contributed by atoms with E-state index in [4.69, 9.17) is 9.88 Å². The molecule has 1 aliphatic rings. The third kappa shape index (κ3) is 7.43. The van der Waals surface area contributed by atoms with E-state index in [-0.39, 0.29) is 16.8 Å². The largest absolute Gasteiger partial charge is 0.442 e. The molecule has 2 unspecified atom stereocenters. The molecule has 3 rings (SSSR count). The number of benzene rings is 1. The van der Waals surface area contributed by atoms with Crippen LogP contribution in [0.5, 0.6) is 0 Å². The molecule has 0 fully saturated rings. The Bertz CT molecular complexity index is 1110. The van der Waals surface area contributed by atoms with Crippen LogP contribution in [0.3, 0.4) is 0 Å². The number of allylic oxidation sites excluding steroid dienone is 1. The summed E-state index contributed by atoms with van der Waals surface area (Å²) in [5, 5.41) is 10.2. The number of carbonyl (C=O) groups is 1. The molecule has 1 amide bonds. The number of carbonyl (C=O) groups excluding carboxylic acids is 1. The van der Waals surface area contributed by atoms with E-state index < -0.39 is 40.9 Å². The molecule has 2 aromatic rings. The first kappa shape index (κ1) is 24.5. The molecule has 0 bridgehead atoms. The summed E-state index contributed by atoms with van der Waals surface area (Å²) in [6, 6.07) is 4.67. The number of aromatic nitrogens is 2. The number of amides is 1. The monoisotopic (exact) mass is 485 g/mol. The molecule has 4 N–H and O–H groups in total. The maximum absolute atomic E-state index is 12.4. The van der Waals surface area contributed by atoms with E-state index in [1.807, 2.05) is 6.08 Å². The number of nitrogens with two attached hydrogens (primary N) is 1. The molecule has 1 heterocycles. The second kappa shape index (κ2) is 9.75. The van der Waals surface area contributed by atoms with Crippen LogP contribution in [-0.4, -0.2) is 42.8 Å². The van der Waals surface area contributed by atoms with Crippen molar-refractivity contribution >= 4 is 27.8 Å². The van der Waals surface area contributed by atoms with Gasteiger partial charge in [0.25, 0.3) is 0 Å². The summed E-state index contributed by atoms with van der Waals surface area (Å²) in [4.78, 5) is 20.3. The van der Waals surface area contributed by atoms with E-state index >= 15 is 0 Å². The van der Waals surface area contributed by atoms with Gasteiger partial charge in [-0.1, -0.05) is 6.08 Å². The lowest BCUT2D eigenvalue weighted by Crippen LogP contribution is -2.37. The van der Waals surface area contributed by atoms with Crippen molar-refractivity contribution in [3.8, 4) is 0 Å². The SMILES string of the molecule is C[C@@H](CC(F)(F)F)NC(=O)OC1C=CC(c2cnc(Nc3ccc(S(N)(=O)=O)cc3)nc2)C1. The zero-order valence-corrected chi connectivity index (χ0v) is 18.2. The van der Waals surface area contributed by atoms with Crippen molar-refractivity contribution in [1.82, 2.24) is 15.3 Å². The summed E-state index contributed by atoms with van der Waals surface area (Å²) in [5.74, 6) is 0.161. The van der Waals surface area contributed by atoms with Crippen molar-refractivity contribution in [2.75, 3.05) is 5.32 Å². The van der Waals surface area contributed by atoms with Gasteiger partial charge in [-0.05, 0) is 49.2 Å². The number of anilines is 2. The maximum atomic E-state index is 12.4. The van der Waals surface area contributed by atoms with Crippen LogP contribution in [0.25, 0.3) is 0 Å². The van der Waals surface area contributed by atoms with Gasteiger partial charge in [0.2, 0.25) is 16.0 Å². The number of nitrogens with one attached hydrogen (secondary N) is 2. The minimum atomic E-state index is -4.37. The summed E-state index contributed by atoms with van der Waals surface area (Å²) in [6.07, 6.45) is 0.0710. The van der Waals surface area contributed by atoms with Gasteiger partial charge < -0.3 is 15.4 Å². The van der Waals surface area contributed by atoms with Gasteiger partial charge in [-0.15, -0.1) is 0 Å². The van der Waals surface area contributed by atoms with Crippen LogP contribution in [0.15, 0.2) is 53.7 Å². The molecule has 0 radical (unpaired) electrons. The van der Waals surface area contributed by atoms with Crippen molar-refractivity contribution in [2.24, 2.45) is 5.14 Å². The first-order valence-electron chi connectivity index (χ1n) is 9.83. The van der Waals surface area contributed by atoms with E-state index in [1.54, 1.807) is 18.5 Å². The third-order valence-electron chi connectivity index (χ3n) is 4.74. The molecule has 1 aromatic heterocycles. The van der Waals surface area contributed by atoms with Gasteiger partial charge >= 0.3 is 12.3 Å². The number of rotatable bonds is 7. The lowest BCUT2D eigenvalue weighted by Gasteiger charge is -2.18. The minimum Gasteiger partial charge on any atom is -0.442 e. The minimum absolute atomic E-state index is 0.0161. The van der Waals surface area contributed by atoms with Crippen molar-refractivity contribution < 1.29 is 31.1 Å². The highest BCUT2D eigenvalue weighted by molar-refractivity contribution is 7.89. The van der Waals surface area contributed by atoms with Gasteiger partial charge in [0, 0.05) is 30.0 Å². The van der Waals surface area contributed by atoms with E-state index in [1.165, 1.54) is 31.2 Å². The summed E-state index contributed by atoms with van der Waals surface area (Å²) in [7, 11) is -3.78. The fraction of sp³-hybridized carbons (Fsp3) is 0.350. The highest BCUT2D eigenvalue weighted by atomic mass is 32.2. The van der Waals surface area contributed by atoms with E-state index in [9.17, 15) is 26.4 Å². The van der Waals surface area contributed by atoms with Crippen LogP contribution < -0.4 is 15.8 Å². The zero-order chi connectivity index (χ0) is 24.2. The number of halogens is 3. The van der Waals surface area contributed by atoms with E-state index in [2.05, 4.69) is 20.6 Å². The summed E-state index contributed by atoms with van der Waals surface area (Å²) >= 11 is 0. The highest BCUT2D eigenvalue weighted by Crippen LogP contribution is 2.30. The number of hydrogen-bond donors (Lipinski definition) is 3. The Balaban J connectivity index is 1.51. The first-order valence-corrected chi connectivity index (χ1v) is 11.4. The van der Waals surface area contributed by atoms with Gasteiger partial charge in [0.15, 0.2) is 0 Å². The number of alkyl carbamates (subject to hydrolysis) is 1. The van der Waals surface area contributed by atoms with Crippen LogP contribution in [0.2, 0.25) is 0 Å². The lowest BCUT2D eigenvalue weighted by molar-refractivity contribution is -0.138. The maximum Gasteiger partial charge on any atom is 0.407 e. The number of nitrogens with zero attached hydrogens (tertiary/aromatic N) is 2. The molecule has 1 aliphatic carbocycles. The van der Waals surface area contributed by atoms with Gasteiger partial charge in [-0.2, -0.15) is 13.2 Å². The van der Waals surface area contributed by atoms with Crippen molar-refractivity contribution in [1.29, 1.82) is 0 Å². The van der Waals surface area contributed by atoms with Gasteiger partial charge in [0.1, 0.15) is 6.10 Å². The Hall–Kier alpha value is -3.19. The Morgan fingerprint density at radius 1 is 1.21 bits per heavy atom. The predicted octanol–water partition coefficient (Wildman–Crippen LogP) is 3.35. The topological polar surface area (TPSA) is 136 Å². The van der Waals surface area contributed by atoms with Crippen LogP contribution in [0.4, 0.5) is 29.6 Å². The number of ether oxygens (including phenoxy) is 1. The quantitative estimate of drug-likeness (QED) is 0.512. The molecule has 0 saturated heterocycles. The molecule has 0 aliphatic heterocycles. The highest BCUT2D eigenvalue weighted by Gasteiger charge is 2.31. The second-order valence-corrected chi connectivity index (χ2v) is 9.13. The number of sulfonamides is 1. The van der Waals surface area contributed by atoms with Crippen LogP contribution >= 0.6 is 0 Å². The molecule has 1 aromatic carbocycles. The molecule has 33 heavy (non-hydrogen) atoms. The van der Waals surface area contributed by atoms with Gasteiger partial charge in [0.05, 0.1) is 11.3 Å². The zero-order valence-electron chi connectivity index (χ0n) is 17.4. The van der Waals surface area contributed by atoms with Crippen LogP contribution in [0, 0.1) is 0 Å². The second-order valence-electron chi connectivity index (χ2n) is 7.57. The van der Waals surface area contributed by atoms with Crippen LogP contribution in [-0.2, 0) is 14.8 Å². The summed E-state index contributed by atoms with van der Waals surface area (Å²) in [6.45, 7) is 1.25. The average Bonchev–Trinajstić information content (AvgIpc) is 3.15.